The van der Waals surface area contributed by atoms with Gasteiger partial charge in [0.2, 0.25) is 0 Å². The summed E-state index contributed by atoms with van der Waals surface area (Å²) in [6.07, 6.45) is 2.30. The molecule has 15 nitrogen and oxygen atoms in total. The first-order valence-corrected chi connectivity index (χ1v) is 19.7. The summed E-state index contributed by atoms with van der Waals surface area (Å²) in [6, 6.07) is 25.6. The monoisotopic (exact) mass is 835 g/mol. The number of pyridine rings is 2. The summed E-state index contributed by atoms with van der Waals surface area (Å²) in [6.45, 7) is 14.2. The number of carbonyl (C=O) groups excluding carboxylic acids is 3. The summed E-state index contributed by atoms with van der Waals surface area (Å²) in [5.41, 5.74) is 1.98. The molecule has 4 heterocycles. The van der Waals surface area contributed by atoms with Gasteiger partial charge in [-0.05, 0) is 85.7 Å². The topological polar surface area (TPSA) is 196 Å². The van der Waals surface area contributed by atoms with Crippen LogP contribution in [0.3, 0.4) is 0 Å². The Kier molecular flexibility index (Phi) is 11.7. The summed E-state index contributed by atoms with van der Waals surface area (Å²) in [5, 5.41) is 8.80. The van der Waals surface area contributed by atoms with E-state index >= 15 is 0 Å². The highest BCUT2D eigenvalue weighted by Gasteiger charge is 2.24. The molecule has 0 fully saturated rings. The molecule has 0 unspecified atom stereocenters. The van der Waals surface area contributed by atoms with Gasteiger partial charge in [-0.25, -0.2) is 29.5 Å². The molecule has 0 bridgehead atoms. The predicted octanol–water partition coefficient (Wildman–Crippen LogP) is 10.5. The van der Waals surface area contributed by atoms with E-state index in [-0.39, 0.29) is 17.8 Å². The number of amides is 2. The third-order valence-corrected chi connectivity index (χ3v) is 9.21. The van der Waals surface area contributed by atoms with Gasteiger partial charge in [0, 0.05) is 52.0 Å². The first-order chi connectivity index (χ1) is 29.4. The minimum absolute atomic E-state index is 0.0490. The van der Waals surface area contributed by atoms with E-state index in [0.717, 1.165) is 21.5 Å². The van der Waals surface area contributed by atoms with E-state index in [1.54, 1.807) is 62.6 Å². The molecule has 62 heavy (non-hydrogen) atoms. The van der Waals surface area contributed by atoms with Crippen LogP contribution in [0.1, 0.15) is 59.7 Å². The van der Waals surface area contributed by atoms with Gasteiger partial charge in [-0.15, -0.1) is 0 Å². The van der Waals surface area contributed by atoms with E-state index in [1.165, 1.54) is 0 Å². The molecule has 0 saturated heterocycles. The zero-order chi connectivity index (χ0) is 44.3. The molecule has 0 atom stereocenters. The number of nitrogens with one attached hydrogen (secondary N) is 3. The normalized spacial score (nSPS) is 12.5. The highest BCUT2D eigenvalue weighted by Crippen LogP contribution is 2.39. The Balaban J connectivity index is 0.000000186. The zero-order valence-electron chi connectivity index (χ0n) is 35.5. The van der Waals surface area contributed by atoms with E-state index in [2.05, 4.69) is 35.6 Å². The summed E-state index contributed by atoms with van der Waals surface area (Å²) in [7, 11) is 0. The maximum atomic E-state index is 12.2. The minimum Gasteiger partial charge on any atom is -0.456 e. The number of H-pyrrole nitrogens is 1. The number of Topliss-reactive ketones (excluding diaryl/α,β-unsaturated/α-hetero) is 1. The molecule has 4 aromatic carbocycles. The lowest BCUT2D eigenvalue weighted by Gasteiger charge is -2.20. The molecule has 0 aliphatic carbocycles. The molecule has 2 amide bonds. The quantitative estimate of drug-likeness (QED) is 0.144. The van der Waals surface area contributed by atoms with Crippen molar-refractivity contribution in [3.8, 4) is 23.0 Å². The molecule has 7 aromatic rings. The van der Waals surface area contributed by atoms with Crippen LogP contribution in [-0.4, -0.2) is 54.8 Å². The van der Waals surface area contributed by atoms with Gasteiger partial charge in [0.25, 0.3) is 5.56 Å². The number of fused-ring (bicyclic) bond motifs is 4. The molecule has 0 saturated carbocycles. The Morgan fingerprint density at radius 2 is 1.13 bits per heavy atom. The number of hydrogen-bond donors (Lipinski definition) is 3. The lowest BCUT2D eigenvalue weighted by molar-refractivity contribution is -0.112. The van der Waals surface area contributed by atoms with Crippen molar-refractivity contribution in [1.82, 2.24) is 19.9 Å². The Bertz CT molecular complexity index is 2980. The van der Waals surface area contributed by atoms with Crippen LogP contribution in [0.4, 0.5) is 26.8 Å². The fourth-order valence-electron chi connectivity index (χ4n) is 6.47. The van der Waals surface area contributed by atoms with Crippen molar-refractivity contribution in [3.05, 3.63) is 119 Å². The second kappa shape index (κ2) is 17.1. The van der Waals surface area contributed by atoms with Crippen LogP contribution in [0, 0.1) is 6.92 Å². The maximum absolute atomic E-state index is 12.2. The van der Waals surface area contributed by atoms with Gasteiger partial charge >= 0.3 is 12.2 Å². The van der Waals surface area contributed by atoms with Crippen molar-refractivity contribution < 1.29 is 33.3 Å². The Hall–Kier alpha value is -7.68. The minimum atomic E-state index is -0.600. The molecule has 15 heteroatoms. The van der Waals surface area contributed by atoms with Gasteiger partial charge in [-0.2, -0.15) is 0 Å². The number of rotatable bonds is 6. The molecule has 1 aliphatic rings. The van der Waals surface area contributed by atoms with E-state index < -0.39 is 23.4 Å². The fraction of sp³-hybridized carbons (Fsp3) is 0.234. The number of benzene rings is 4. The van der Waals surface area contributed by atoms with Crippen molar-refractivity contribution in [1.29, 1.82) is 0 Å². The number of carbonyl (C=O) groups is 3. The number of aryl methyl sites for hydroxylation is 1. The van der Waals surface area contributed by atoms with E-state index in [4.69, 9.17) is 18.9 Å². The first kappa shape index (κ1) is 42.4. The Morgan fingerprint density at radius 1 is 0.629 bits per heavy atom. The second-order valence-electron chi connectivity index (χ2n) is 16.3. The number of ether oxygens (including phenoxy) is 4. The number of anilines is 2. The number of aromatic nitrogens is 4. The van der Waals surface area contributed by atoms with Gasteiger partial charge in [0.1, 0.15) is 39.7 Å². The van der Waals surface area contributed by atoms with Crippen LogP contribution in [0.25, 0.3) is 32.7 Å². The predicted molar refractivity (Wildman–Crippen MR) is 238 cm³/mol. The summed E-state index contributed by atoms with van der Waals surface area (Å²) in [4.78, 5) is 68.2. The van der Waals surface area contributed by atoms with Gasteiger partial charge in [0.15, 0.2) is 23.0 Å². The highest BCUT2D eigenvalue weighted by atomic mass is 16.6. The van der Waals surface area contributed by atoms with Gasteiger partial charge in [-0.1, -0.05) is 48.5 Å². The smallest absolute Gasteiger partial charge is 0.412 e. The summed E-state index contributed by atoms with van der Waals surface area (Å²) < 4.78 is 23.1. The number of hydrogen-bond acceptors (Lipinski definition) is 12. The highest BCUT2D eigenvalue weighted by molar-refractivity contribution is 6.40. The average molecular weight is 836 g/mol. The second-order valence-corrected chi connectivity index (χ2v) is 16.3. The fourth-order valence-corrected chi connectivity index (χ4v) is 6.47. The van der Waals surface area contributed by atoms with Gasteiger partial charge < -0.3 is 23.9 Å². The zero-order valence-corrected chi connectivity index (χ0v) is 35.5. The number of ketones is 1. The van der Waals surface area contributed by atoms with E-state index in [1.807, 2.05) is 90.1 Å². The van der Waals surface area contributed by atoms with Crippen LogP contribution in [-0.2, 0) is 20.7 Å². The van der Waals surface area contributed by atoms with Crippen molar-refractivity contribution in [3.63, 3.8) is 0 Å². The summed E-state index contributed by atoms with van der Waals surface area (Å²) >= 11 is 0. The third-order valence-electron chi connectivity index (χ3n) is 9.21. The van der Waals surface area contributed by atoms with Crippen molar-refractivity contribution in [2.75, 3.05) is 10.6 Å². The molecule has 3 aromatic heterocycles. The molecule has 8 rings (SSSR count). The number of aliphatic imine (C=N–C) groups is 1. The van der Waals surface area contributed by atoms with Gasteiger partial charge in [-0.3, -0.25) is 20.2 Å². The van der Waals surface area contributed by atoms with Crippen LogP contribution in [0.2, 0.25) is 0 Å². The lowest BCUT2D eigenvalue weighted by Crippen LogP contribution is -2.27. The van der Waals surface area contributed by atoms with Crippen LogP contribution >= 0.6 is 0 Å². The standard InChI is InChI=1S/C24H23N3O4.C23H22N4O4/c1-14-19(28)13-17-21(11-12-25-22(17)26-14)30-20-10-9-18(15-7-5-6-8-16(15)20)27-23(29)31-24(2,3)4;1-13-21(28)27-20-19(25-13)18(11-12-24-20)30-17-10-9-16(14-7-5-6-8-15(14)17)26-22(29)31-23(2,3)4/h5-12H,13H2,1-4H3,(H,27,29);5-12H,1-4H3,(H,26,29)(H,24,27,28). The summed E-state index contributed by atoms with van der Waals surface area (Å²) in [5.74, 6) is 2.62. The van der Waals surface area contributed by atoms with Crippen LogP contribution in [0.5, 0.6) is 23.0 Å². The Labute approximate surface area is 356 Å². The average Bonchev–Trinajstić information content (AvgIpc) is 3.20. The lowest BCUT2D eigenvalue weighted by atomic mass is 10.0. The third kappa shape index (κ3) is 9.84. The molecule has 3 N–H and O–H groups in total. The van der Waals surface area contributed by atoms with E-state index in [0.29, 0.717) is 68.3 Å². The molecule has 0 radical (unpaired) electrons. The van der Waals surface area contributed by atoms with Crippen molar-refractivity contribution >= 4 is 73.6 Å². The molecule has 0 spiro atoms. The van der Waals surface area contributed by atoms with Gasteiger partial charge in [0.05, 0.1) is 17.1 Å². The molecule has 316 valence electrons. The SMILES string of the molecule is CC1=Nc2nccc(Oc3ccc(NC(=O)OC(C)(C)C)c4ccccc34)c2CC1=O.Cc1nc2c(Oc3ccc(NC(=O)OC(C)(C)C)c4ccccc34)ccnc2[nH]c1=O. The first-order valence-electron chi connectivity index (χ1n) is 19.7. The maximum Gasteiger partial charge on any atom is 0.412 e. The Morgan fingerprint density at radius 3 is 1.68 bits per heavy atom. The van der Waals surface area contributed by atoms with Crippen LogP contribution < -0.4 is 25.7 Å². The van der Waals surface area contributed by atoms with Crippen molar-refractivity contribution in [2.45, 2.75) is 73.0 Å². The number of aromatic amines is 1. The van der Waals surface area contributed by atoms with Crippen LogP contribution in [0.15, 0.2) is 107 Å². The molecular weight excluding hydrogens is 791 g/mol. The largest absolute Gasteiger partial charge is 0.456 e. The molecule has 1 aliphatic heterocycles. The molecular formula is C47H45N7O8. The van der Waals surface area contributed by atoms with E-state index in [9.17, 15) is 19.2 Å². The van der Waals surface area contributed by atoms with Crippen molar-refractivity contribution in [2.24, 2.45) is 4.99 Å². The number of nitrogens with zero attached hydrogens (tertiary/aromatic N) is 4.